The third-order valence-electron chi connectivity index (χ3n) is 3.63. The lowest BCUT2D eigenvalue weighted by atomic mass is 10.0. The standard InChI is InChI=1S/C14H15N3O3/c18-12-9-5-4-8(7-10(9)13(19)17-12)16-14(20)11-3-1-2-6-15-11/h4-5,7,11,15H,1-3,6H2,(H,16,20)(H,17,18,19). The van der Waals surface area contributed by atoms with Gasteiger partial charge in [-0.25, -0.2) is 0 Å². The van der Waals surface area contributed by atoms with E-state index >= 15 is 0 Å². The van der Waals surface area contributed by atoms with Gasteiger partial charge >= 0.3 is 0 Å². The molecule has 2 aliphatic rings. The van der Waals surface area contributed by atoms with E-state index in [0.29, 0.717) is 16.8 Å². The first-order valence-electron chi connectivity index (χ1n) is 6.69. The average Bonchev–Trinajstić information content (AvgIpc) is 2.75. The van der Waals surface area contributed by atoms with E-state index < -0.39 is 11.8 Å². The first-order chi connectivity index (χ1) is 9.65. The molecule has 20 heavy (non-hydrogen) atoms. The van der Waals surface area contributed by atoms with Crippen LogP contribution in [0, 0.1) is 0 Å². The highest BCUT2D eigenvalue weighted by Crippen LogP contribution is 2.20. The number of nitrogens with one attached hydrogen (secondary N) is 3. The molecule has 1 aromatic carbocycles. The van der Waals surface area contributed by atoms with Crippen molar-refractivity contribution in [2.45, 2.75) is 25.3 Å². The molecule has 1 fully saturated rings. The van der Waals surface area contributed by atoms with Crippen LogP contribution in [0.1, 0.15) is 40.0 Å². The lowest BCUT2D eigenvalue weighted by Crippen LogP contribution is -2.43. The smallest absolute Gasteiger partial charge is 0.259 e. The minimum Gasteiger partial charge on any atom is -0.325 e. The van der Waals surface area contributed by atoms with Gasteiger partial charge in [-0.15, -0.1) is 0 Å². The number of hydrogen-bond donors (Lipinski definition) is 3. The van der Waals surface area contributed by atoms with Crippen LogP contribution in [0.15, 0.2) is 18.2 Å². The molecule has 2 heterocycles. The van der Waals surface area contributed by atoms with E-state index in [2.05, 4.69) is 16.0 Å². The van der Waals surface area contributed by atoms with Gasteiger partial charge in [-0.05, 0) is 37.6 Å². The molecule has 1 aromatic rings. The Hall–Kier alpha value is -2.21. The zero-order valence-corrected chi connectivity index (χ0v) is 10.9. The Kier molecular flexibility index (Phi) is 3.23. The minimum absolute atomic E-state index is 0.102. The summed E-state index contributed by atoms with van der Waals surface area (Å²) in [6, 6.07) is 4.54. The molecular weight excluding hydrogens is 258 g/mol. The van der Waals surface area contributed by atoms with Gasteiger partial charge in [0.15, 0.2) is 0 Å². The van der Waals surface area contributed by atoms with Gasteiger partial charge in [0.2, 0.25) is 5.91 Å². The van der Waals surface area contributed by atoms with Crippen LogP contribution < -0.4 is 16.0 Å². The van der Waals surface area contributed by atoms with Crippen molar-refractivity contribution in [2.24, 2.45) is 0 Å². The van der Waals surface area contributed by atoms with E-state index in [1.165, 1.54) is 6.07 Å². The minimum atomic E-state index is -0.420. The summed E-state index contributed by atoms with van der Waals surface area (Å²) < 4.78 is 0. The fourth-order valence-electron chi connectivity index (χ4n) is 2.55. The zero-order chi connectivity index (χ0) is 14.1. The van der Waals surface area contributed by atoms with Gasteiger partial charge in [0.05, 0.1) is 17.2 Å². The van der Waals surface area contributed by atoms with Gasteiger partial charge in [-0.2, -0.15) is 0 Å². The Morgan fingerprint density at radius 1 is 1.15 bits per heavy atom. The highest BCUT2D eigenvalue weighted by atomic mass is 16.2. The Labute approximate surface area is 115 Å². The number of piperidine rings is 1. The maximum Gasteiger partial charge on any atom is 0.259 e. The molecule has 0 saturated carbocycles. The Balaban J connectivity index is 1.75. The van der Waals surface area contributed by atoms with E-state index in [0.717, 1.165) is 25.8 Å². The second-order valence-electron chi connectivity index (χ2n) is 5.04. The second-order valence-corrected chi connectivity index (χ2v) is 5.04. The largest absolute Gasteiger partial charge is 0.325 e. The third-order valence-corrected chi connectivity index (χ3v) is 3.63. The molecule has 3 N–H and O–H groups in total. The summed E-state index contributed by atoms with van der Waals surface area (Å²) in [6.45, 7) is 0.846. The van der Waals surface area contributed by atoms with Crippen LogP contribution in [0.5, 0.6) is 0 Å². The maximum absolute atomic E-state index is 12.1. The monoisotopic (exact) mass is 273 g/mol. The average molecular weight is 273 g/mol. The van der Waals surface area contributed by atoms with Crippen molar-refractivity contribution >= 4 is 23.4 Å². The molecule has 104 valence electrons. The molecule has 0 aromatic heterocycles. The number of imide groups is 1. The summed E-state index contributed by atoms with van der Waals surface area (Å²) in [5.41, 5.74) is 1.19. The van der Waals surface area contributed by atoms with Crippen LogP contribution in [-0.2, 0) is 4.79 Å². The Bertz CT molecular complexity index is 591. The van der Waals surface area contributed by atoms with Gasteiger partial charge in [0.1, 0.15) is 0 Å². The Morgan fingerprint density at radius 3 is 2.70 bits per heavy atom. The van der Waals surface area contributed by atoms with Gasteiger partial charge < -0.3 is 10.6 Å². The quantitative estimate of drug-likeness (QED) is 0.690. The summed E-state index contributed by atoms with van der Waals surface area (Å²) in [4.78, 5) is 35.1. The van der Waals surface area contributed by atoms with Crippen molar-refractivity contribution in [2.75, 3.05) is 11.9 Å². The number of amides is 3. The van der Waals surface area contributed by atoms with Crippen LogP contribution in [0.2, 0.25) is 0 Å². The van der Waals surface area contributed by atoms with Crippen LogP contribution in [0.25, 0.3) is 0 Å². The van der Waals surface area contributed by atoms with Crippen molar-refractivity contribution in [3.8, 4) is 0 Å². The van der Waals surface area contributed by atoms with E-state index in [-0.39, 0.29) is 11.9 Å². The summed E-state index contributed by atoms with van der Waals surface area (Å²) in [5.74, 6) is -0.914. The molecule has 6 nitrogen and oxygen atoms in total. The van der Waals surface area contributed by atoms with Crippen molar-refractivity contribution in [3.05, 3.63) is 29.3 Å². The highest BCUT2D eigenvalue weighted by molar-refractivity contribution is 6.22. The number of hydrogen-bond acceptors (Lipinski definition) is 4. The molecule has 2 aliphatic heterocycles. The first-order valence-corrected chi connectivity index (χ1v) is 6.69. The third kappa shape index (κ3) is 2.30. The van der Waals surface area contributed by atoms with Crippen molar-refractivity contribution in [1.82, 2.24) is 10.6 Å². The van der Waals surface area contributed by atoms with Gasteiger partial charge in [-0.1, -0.05) is 6.42 Å². The van der Waals surface area contributed by atoms with Crippen molar-refractivity contribution in [1.29, 1.82) is 0 Å². The predicted octanol–water partition coefficient (Wildman–Crippen LogP) is 0.651. The van der Waals surface area contributed by atoms with Gasteiger partial charge in [0, 0.05) is 5.69 Å². The van der Waals surface area contributed by atoms with E-state index in [4.69, 9.17) is 0 Å². The highest BCUT2D eigenvalue weighted by Gasteiger charge is 2.27. The van der Waals surface area contributed by atoms with Crippen LogP contribution in [0.3, 0.4) is 0 Å². The molecule has 3 amide bonds. The summed E-state index contributed by atoms with van der Waals surface area (Å²) in [6.07, 6.45) is 2.94. The summed E-state index contributed by atoms with van der Waals surface area (Å²) >= 11 is 0. The SMILES string of the molecule is O=C1NC(=O)c2cc(NC(=O)C3CCCCN3)ccc21. The number of benzene rings is 1. The maximum atomic E-state index is 12.1. The van der Waals surface area contributed by atoms with Crippen LogP contribution in [-0.4, -0.2) is 30.3 Å². The molecule has 0 bridgehead atoms. The van der Waals surface area contributed by atoms with E-state index in [9.17, 15) is 14.4 Å². The topological polar surface area (TPSA) is 87.3 Å². The number of anilines is 1. The molecule has 0 aliphatic carbocycles. The fourth-order valence-corrected chi connectivity index (χ4v) is 2.55. The second kappa shape index (κ2) is 5.05. The molecule has 1 atom stereocenters. The summed E-state index contributed by atoms with van der Waals surface area (Å²) in [7, 11) is 0. The Morgan fingerprint density at radius 2 is 1.95 bits per heavy atom. The van der Waals surface area contributed by atoms with Gasteiger partial charge in [-0.3, -0.25) is 19.7 Å². The zero-order valence-electron chi connectivity index (χ0n) is 10.9. The number of fused-ring (bicyclic) bond motifs is 1. The van der Waals surface area contributed by atoms with Crippen LogP contribution in [0.4, 0.5) is 5.69 Å². The summed E-state index contributed by atoms with van der Waals surface area (Å²) in [5, 5.41) is 8.17. The molecule has 3 rings (SSSR count). The lowest BCUT2D eigenvalue weighted by molar-refractivity contribution is -0.118. The molecule has 0 spiro atoms. The van der Waals surface area contributed by atoms with Crippen molar-refractivity contribution in [3.63, 3.8) is 0 Å². The number of rotatable bonds is 2. The molecular formula is C14H15N3O3. The van der Waals surface area contributed by atoms with E-state index in [1.807, 2.05) is 0 Å². The van der Waals surface area contributed by atoms with Crippen molar-refractivity contribution < 1.29 is 14.4 Å². The predicted molar refractivity (Wildman–Crippen MR) is 72.5 cm³/mol. The molecule has 6 heteroatoms. The number of carbonyl (C=O) groups is 3. The van der Waals surface area contributed by atoms with Crippen LogP contribution >= 0.6 is 0 Å². The fraction of sp³-hybridized carbons (Fsp3) is 0.357. The van der Waals surface area contributed by atoms with E-state index in [1.54, 1.807) is 12.1 Å². The molecule has 1 saturated heterocycles. The molecule has 0 radical (unpaired) electrons. The first kappa shape index (κ1) is 12.8. The number of carbonyl (C=O) groups excluding carboxylic acids is 3. The molecule has 1 unspecified atom stereocenters. The van der Waals surface area contributed by atoms with Gasteiger partial charge in [0.25, 0.3) is 11.8 Å². The normalized spacial score (nSPS) is 21.3. The lowest BCUT2D eigenvalue weighted by Gasteiger charge is -2.22.